The van der Waals surface area contributed by atoms with Crippen LogP contribution in [-0.2, 0) is 9.53 Å². The van der Waals surface area contributed by atoms with Crippen molar-refractivity contribution < 1.29 is 13.9 Å². The van der Waals surface area contributed by atoms with Crippen molar-refractivity contribution in [2.75, 3.05) is 6.61 Å². The lowest BCUT2D eigenvalue weighted by molar-refractivity contribution is -0.144. The summed E-state index contributed by atoms with van der Waals surface area (Å²) in [5, 5.41) is 0. The molecule has 0 fully saturated rings. The van der Waals surface area contributed by atoms with Crippen LogP contribution in [0.3, 0.4) is 0 Å². The summed E-state index contributed by atoms with van der Waals surface area (Å²) in [4.78, 5) is 15.7. The maximum Gasteiger partial charge on any atom is 0.327 e. The first kappa shape index (κ1) is 11.6. The first-order valence-electron chi connectivity index (χ1n) is 5.41. The minimum Gasteiger partial charge on any atom is -0.465 e. The lowest BCUT2D eigenvalue weighted by Crippen LogP contribution is -2.23. The molecule has 5 heteroatoms. The van der Waals surface area contributed by atoms with Crippen LogP contribution in [0.5, 0.6) is 0 Å². The van der Waals surface area contributed by atoms with Crippen molar-refractivity contribution >= 4 is 17.1 Å². The minimum absolute atomic E-state index is 0.316. The molecule has 0 saturated carbocycles. The van der Waals surface area contributed by atoms with E-state index in [1.165, 1.54) is 0 Å². The Kier molecular flexibility index (Phi) is 3.10. The van der Waals surface area contributed by atoms with E-state index < -0.39 is 12.0 Å². The Hall–Kier alpha value is -1.88. The second-order valence-electron chi connectivity index (χ2n) is 3.69. The van der Waals surface area contributed by atoms with E-state index in [1.807, 2.05) is 0 Å². The predicted molar refractivity (Wildman–Crippen MR) is 62.3 cm³/mol. The van der Waals surface area contributed by atoms with Crippen LogP contribution in [-0.4, -0.2) is 17.6 Å². The van der Waals surface area contributed by atoms with Gasteiger partial charge in [0.1, 0.15) is 11.6 Å². The average Bonchev–Trinajstić information content (AvgIpc) is 2.67. The van der Waals surface area contributed by atoms with Crippen LogP contribution < -0.4 is 5.73 Å². The Bertz CT molecular complexity index is 548. The number of nitrogens with zero attached hydrogens (tertiary/aromatic N) is 1. The molecule has 1 heterocycles. The highest BCUT2D eigenvalue weighted by Gasteiger charge is 2.18. The molecule has 1 atom stereocenters. The molecule has 2 rings (SSSR count). The van der Waals surface area contributed by atoms with Crippen LogP contribution in [0.2, 0.25) is 0 Å². The third-order valence-corrected chi connectivity index (χ3v) is 2.42. The van der Waals surface area contributed by atoms with Crippen LogP contribution in [0.4, 0.5) is 0 Å². The van der Waals surface area contributed by atoms with Gasteiger partial charge in [0, 0.05) is 6.92 Å². The van der Waals surface area contributed by atoms with E-state index in [9.17, 15) is 4.79 Å². The van der Waals surface area contributed by atoms with Gasteiger partial charge in [-0.05, 0) is 24.6 Å². The fourth-order valence-electron chi connectivity index (χ4n) is 1.62. The summed E-state index contributed by atoms with van der Waals surface area (Å²) < 4.78 is 10.2. The van der Waals surface area contributed by atoms with E-state index in [-0.39, 0.29) is 0 Å². The number of hydrogen-bond acceptors (Lipinski definition) is 5. The Morgan fingerprint density at radius 2 is 2.35 bits per heavy atom. The molecule has 1 aromatic carbocycles. The van der Waals surface area contributed by atoms with Gasteiger partial charge in [0.05, 0.1) is 6.61 Å². The first-order chi connectivity index (χ1) is 8.11. The van der Waals surface area contributed by atoms with Crippen molar-refractivity contribution in [2.45, 2.75) is 19.9 Å². The Morgan fingerprint density at radius 1 is 1.59 bits per heavy atom. The third-order valence-electron chi connectivity index (χ3n) is 2.42. The van der Waals surface area contributed by atoms with Crippen molar-refractivity contribution in [3.63, 3.8) is 0 Å². The number of hydrogen-bond donors (Lipinski definition) is 1. The van der Waals surface area contributed by atoms with Gasteiger partial charge in [0.15, 0.2) is 11.5 Å². The summed E-state index contributed by atoms with van der Waals surface area (Å²) in [6.45, 7) is 3.83. The number of rotatable bonds is 3. The molecule has 2 aromatic rings. The van der Waals surface area contributed by atoms with Crippen molar-refractivity contribution in [1.29, 1.82) is 0 Å². The number of fused-ring (bicyclic) bond motifs is 1. The van der Waals surface area contributed by atoms with Crippen LogP contribution in [0, 0.1) is 6.92 Å². The summed E-state index contributed by atoms with van der Waals surface area (Å²) in [7, 11) is 0. The maximum atomic E-state index is 11.5. The second kappa shape index (κ2) is 4.55. The first-order valence-corrected chi connectivity index (χ1v) is 5.41. The number of oxazole rings is 1. The topological polar surface area (TPSA) is 78.4 Å². The molecule has 1 aromatic heterocycles. The normalized spacial score (nSPS) is 12.6. The van der Waals surface area contributed by atoms with Crippen molar-refractivity contribution in [1.82, 2.24) is 4.98 Å². The molecular weight excluding hydrogens is 220 g/mol. The molecule has 90 valence electrons. The largest absolute Gasteiger partial charge is 0.465 e. The SMILES string of the molecule is CCOC(=O)C(N)c1ccc2nc(C)oc2c1. The molecule has 0 radical (unpaired) electrons. The minimum atomic E-state index is -0.787. The third kappa shape index (κ3) is 2.29. The molecule has 0 aliphatic rings. The smallest absolute Gasteiger partial charge is 0.327 e. The van der Waals surface area contributed by atoms with Crippen LogP contribution >= 0.6 is 0 Å². The molecule has 0 aliphatic carbocycles. The van der Waals surface area contributed by atoms with E-state index in [1.54, 1.807) is 32.0 Å². The molecular formula is C12H14N2O3. The summed E-state index contributed by atoms with van der Waals surface area (Å²) in [6.07, 6.45) is 0. The summed E-state index contributed by atoms with van der Waals surface area (Å²) in [5.41, 5.74) is 7.82. The molecule has 0 saturated heterocycles. The van der Waals surface area contributed by atoms with Crippen LogP contribution in [0.15, 0.2) is 22.6 Å². The van der Waals surface area contributed by atoms with Crippen molar-refractivity contribution in [3.05, 3.63) is 29.7 Å². The summed E-state index contributed by atoms with van der Waals surface area (Å²) in [5.74, 6) is 0.143. The lowest BCUT2D eigenvalue weighted by atomic mass is 10.1. The number of aromatic nitrogens is 1. The standard InChI is InChI=1S/C12H14N2O3/c1-3-16-12(15)11(13)8-4-5-9-10(6-8)17-7(2)14-9/h4-6,11H,3,13H2,1-2H3. The highest BCUT2D eigenvalue weighted by molar-refractivity contribution is 5.80. The van der Waals surface area contributed by atoms with E-state index >= 15 is 0 Å². The van der Waals surface area contributed by atoms with Gasteiger partial charge in [-0.3, -0.25) is 0 Å². The summed E-state index contributed by atoms with van der Waals surface area (Å²) in [6, 6.07) is 4.47. The number of carbonyl (C=O) groups is 1. The van der Waals surface area contributed by atoms with Gasteiger partial charge in [-0.15, -0.1) is 0 Å². The quantitative estimate of drug-likeness (QED) is 0.818. The molecule has 0 amide bonds. The number of esters is 1. The molecule has 2 N–H and O–H groups in total. The van der Waals surface area contributed by atoms with Crippen molar-refractivity contribution in [3.8, 4) is 0 Å². The molecule has 0 aliphatic heterocycles. The molecule has 0 spiro atoms. The number of aryl methyl sites for hydroxylation is 1. The monoisotopic (exact) mass is 234 g/mol. The van der Waals surface area contributed by atoms with Gasteiger partial charge < -0.3 is 14.9 Å². The fraction of sp³-hybridized carbons (Fsp3) is 0.333. The number of benzene rings is 1. The van der Waals surface area contributed by atoms with E-state index in [2.05, 4.69) is 4.98 Å². The second-order valence-corrected chi connectivity index (χ2v) is 3.69. The Morgan fingerprint density at radius 3 is 3.06 bits per heavy atom. The van der Waals surface area contributed by atoms with E-state index in [0.717, 1.165) is 5.52 Å². The number of carbonyl (C=O) groups excluding carboxylic acids is 1. The molecule has 0 bridgehead atoms. The average molecular weight is 234 g/mol. The number of nitrogens with two attached hydrogens (primary N) is 1. The zero-order chi connectivity index (χ0) is 12.4. The van der Waals surface area contributed by atoms with Crippen molar-refractivity contribution in [2.24, 2.45) is 5.73 Å². The van der Waals surface area contributed by atoms with Gasteiger partial charge in [0.2, 0.25) is 0 Å². The predicted octanol–water partition coefficient (Wildman–Crippen LogP) is 1.70. The number of ether oxygens (including phenoxy) is 1. The zero-order valence-corrected chi connectivity index (χ0v) is 9.77. The van der Waals surface area contributed by atoms with Gasteiger partial charge in [0.25, 0.3) is 0 Å². The fourth-order valence-corrected chi connectivity index (χ4v) is 1.62. The highest BCUT2D eigenvalue weighted by Crippen LogP contribution is 2.20. The van der Waals surface area contributed by atoms with Gasteiger partial charge in [-0.1, -0.05) is 6.07 Å². The van der Waals surface area contributed by atoms with Gasteiger partial charge in [-0.2, -0.15) is 0 Å². The highest BCUT2D eigenvalue weighted by atomic mass is 16.5. The Balaban J connectivity index is 2.32. The summed E-state index contributed by atoms with van der Waals surface area (Å²) >= 11 is 0. The Labute approximate surface area is 98.6 Å². The van der Waals surface area contributed by atoms with Gasteiger partial charge >= 0.3 is 5.97 Å². The van der Waals surface area contributed by atoms with E-state index in [0.29, 0.717) is 23.6 Å². The van der Waals surface area contributed by atoms with E-state index in [4.69, 9.17) is 14.9 Å². The van der Waals surface area contributed by atoms with Crippen LogP contribution in [0.1, 0.15) is 24.4 Å². The van der Waals surface area contributed by atoms with Gasteiger partial charge in [-0.25, -0.2) is 9.78 Å². The van der Waals surface area contributed by atoms with Crippen LogP contribution in [0.25, 0.3) is 11.1 Å². The zero-order valence-electron chi connectivity index (χ0n) is 9.77. The molecule has 5 nitrogen and oxygen atoms in total. The lowest BCUT2D eigenvalue weighted by Gasteiger charge is -2.10. The molecule has 1 unspecified atom stereocenters. The molecule has 17 heavy (non-hydrogen) atoms. The maximum absolute atomic E-state index is 11.5.